The molecule has 0 bridgehead atoms. The van der Waals surface area contributed by atoms with E-state index in [1.165, 1.54) is 48.5 Å². The number of carbonyl (C=O) groups excluding carboxylic acids is 2. The van der Waals surface area contributed by atoms with E-state index in [2.05, 4.69) is 41.2 Å². The van der Waals surface area contributed by atoms with Crippen LogP contribution in [0.25, 0.3) is 54.5 Å². The van der Waals surface area contributed by atoms with Crippen LogP contribution in [0.15, 0.2) is 91.0 Å². The third-order valence-corrected chi connectivity index (χ3v) is 13.5. The summed E-state index contributed by atoms with van der Waals surface area (Å²) in [6, 6.07) is 23.7. The molecule has 520 valence electrons. The Hall–Kier alpha value is -11.4. The number of nitro benzene ring substituents is 4. The molecule has 0 saturated heterocycles. The zero-order chi connectivity index (χ0) is 71.6. The summed E-state index contributed by atoms with van der Waals surface area (Å²) in [6.45, 7) is 14.9. The summed E-state index contributed by atoms with van der Waals surface area (Å²) in [4.78, 5) is 68.9. The molecule has 36 heteroatoms. The van der Waals surface area contributed by atoms with E-state index < -0.39 is 43.1 Å². The molecule has 5 aromatic carbocycles. The number of anilines is 6. The van der Waals surface area contributed by atoms with E-state index in [9.17, 15) is 50.0 Å². The summed E-state index contributed by atoms with van der Waals surface area (Å²) in [5.74, 6) is 2.34. The van der Waals surface area contributed by atoms with Crippen LogP contribution in [0.4, 0.5) is 67.1 Å². The number of non-ortho nitro benzene ring substituents is 4. The van der Waals surface area contributed by atoms with E-state index in [1.54, 1.807) is 108 Å². The summed E-state index contributed by atoms with van der Waals surface area (Å²) >= 11 is 0. The second-order valence-electron chi connectivity index (χ2n) is 23.5. The number of nitrogens with two attached hydrogens (primary N) is 2. The number of fused-ring (bicyclic) bond motifs is 5. The van der Waals surface area contributed by atoms with Gasteiger partial charge in [-0.05, 0) is 84.0 Å². The van der Waals surface area contributed by atoms with Crippen molar-refractivity contribution in [3.8, 4) is 0 Å². The molecule has 0 fully saturated rings. The predicted molar refractivity (Wildman–Crippen MR) is 366 cm³/mol. The molecule has 0 saturated carbocycles. The molecule has 0 aliphatic carbocycles. The van der Waals surface area contributed by atoms with Crippen LogP contribution in [-0.2, 0) is 54.6 Å². The van der Waals surface area contributed by atoms with E-state index in [1.807, 2.05) is 60.9 Å². The van der Waals surface area contributed by atoms with Crippen molar-refractivity contribution in [1.82, 2.24) is 49.3 Å². The van der Waals surface area contributed by atoms with Crippen molar-refractivity contribution in [1.29, 1.82) is 0 Å². The van der Waals surface area contributed by atoms with Crippen LogP contribution in [0.3, 0.4) is 0 Å². The molecule has 0 aliphatic heterocycles. The van der Waals surface area contributed by atoms with Crippen molar-refractivity contribution >= 4 is 124 Å². The molecule has 97 heavy (non-hydrogen) atoms. The quantitative estimate of drug-likeness (QED) is 0.0269. The van der Waals surface area contributed by atoms with Gasteiger partial charge in [-0.1, -0.05) is 0 Å². The molecule has 0 spiro atoms. The van der Waals surface area contributed by atoms with Gasteiger partial charge in [-0.2, -0.15) is 25.5 Å². The van der Waals surface area contributed by atoms with Crippen LogP contribution >= 0.6 is 0 Å². The highest BCUT2D eigenvalue weighted by Crippen LogP contribution is 2.32. The van der Waals surface area contributed by atoms with Gasteiger partial charge in [0.25, 0.3) is 22.7 Å². The SMILES string of the molecule is CC(C)(C)OC(=O)Nc1n[nH]c2ccc([N+](=O)[O-])cc12.COCCn1nc(N(C)C)c2cc(N)ccc21.COCCn1nc(N(C)C)c2cc([N+](=O)[O-])ccc21.COCCn1nc(N)c2cc([N+](=O)[O-])ccc21.COCCn1nc(NC(=O)OC(C)(C)C)c2cc([N+](=O)[O-])ccc21. The molecular formula is C61H80N20O16. The van der Waals surface area contributed by atoms with E-state index in [4.69, 9.17) is 39.9 Å². The van der Waals surface area contributed by atoms with Gasteiger partial charge < -0.3 is 49.7 Å². The van der Waals surface area contributed by atoms with Crippen molar-refractivity contribution in [2.45, 2.75) is 78.9 Å². The van der Waals surface area contributed by atoms with Crippen molar-refractivity contribution in [3.63, 3.8) is 0 Å². The summed E-state index contributed by atoms with van der Waals surface area (Å²) in [5.41, 5.74) is 14.9. The number of H-pyrrole nitrogens is 1. The number of ether oxygens (including phenoxy) is 6. The molecule has 2 amide bonds. The first-order chi connectivity index (χ1) is 45.8. The number of amides is 2. The van der Waals surface area contributed by atoms with Crippen LogP contribution in [0, 0.1) is 40.5 Å². The molecule has 0 aliphatic rings. The maximum atomic E-state index is 12.0. The molecule has 0 radical (unpaired) electrons. The zero-order valence-electron chi connectivity index (χ0n) is 56.2. The van der Waals surface area contributed by atoms with Crippen molar-refractivity contribution in [2.24, 2.45) is 0 Å². The fourth-order valence-corrected chi connectivity index (χ4v) is 9.19. The van der Waals surface area contributed by atoms with Gasteiger partial charge in [0.15, 0.2) is 29.1 Å². The Bertz CT molecular complexity index is 4410. The number of hydrogen-bond acceptors (Lipinski definition) is 25. The lowest BCUT2D eigenvalue weighted by atomic mass is 10.2. The molecule has 0 atom stereocenters. The van der Waals surface area contributed by atoms with Gasteiger partial charge in [-0.25, -0.2) is 9.59 Å². The minimum absolute atomic E-state index is 0.00971. The van der Waals surface area contributed by atoms with Gasteiger partial charge in [0.05, 0.1) is 121 Å². The number of rotatable bonds is 20. The Kier molecular flexibility index (Phi) is 25.5. The molecule has 7 N–H and O–H groups in total. The third kappa shape index (κ3) is 20.3. The minimum atomic E-state index is -0.674. The minimum Gasteiger partial charge on any atom is -0.444 e. The standard InChI is InChI=1S/C15H20N4O5.C12H14N4O4.C12H16N4O3.C12H18N4O.C10H12N4O3/c1-15(2,3)24-14(20)16-13-11-9-10(19(21)22)5-6-12(11)18(17-13)7-8-23-4;1-12(2,3)20-11(17)13-10-8-6-7(16(18)19)4-5-9(8)14-15-10;1-14(2)12-10-8-9(16(17)18)4-5-11(10)15(13-12)6-7-19-3;1-15(2)12-10-8-9(13)4-5-11(10)16(14-12)6-7-17-3;1-17-5-4-13-9-3-2-7(14(15)16)6-8(9)10(11)12-13/h5-6,9H,7-8H2,1-4H3,(H,16,17,20);4-6H,1-3H3,(H2,13,14,15,17);4-5,8H,6-7H2,1-3H3;4-5,8H,6-7,13H2,1-3H3;2-3,6H,4-5H2,1H3,(H2,11,12). The number of carbonyl (C=O) groups is 2. The normalized spacial score (nSPS) is 11.2. The zero-order valence-corrected chi connectivity index (χ0v) is 56.2. The van der Waals surface area contributed by atoms with Crippen LogP contribution in [0.5, 0.6) is 0 Å². The highest BCUT2D eigenvalue weighted by Gasteiger charge is 2.23. The number of aromatic nitrogens is 10. The molecule has 10 rings (SSSR count). The van der Waals surface area contributed by atoms with Gasteiger partial charge in [-0.15, -0.1) is 0 Å². The number of benzene rings is 5. The summed E-state index contributed by atoms with van der Waals surface area (Å²) < 4.78 is 37.5. The number of nitrogens with zero attached hydrogens (tertiary/aromatic N) is 15. The number of methoxy groups -OCH3 is 4. The highest BCUT2D eigenvalue weighted by atomic mass is 16.6. The first kappa shape index (κ1) is 74.7. The molecule has 10 aromatic rings. The Morgan fingerprint density at radius 3 is 1.23 bits per heavy atom. The van der Waals surface area contributed by atoms with Crippen molar-refractivity contribution in [2.75, 3.05) is 115 Å². The highest BCUT2D eigenvalue weighted by molar-refractivity contribution is 6.00. The van der Waals surface area contributed by atoms with E-state index in [0.29, 0.717) is 79.1 Å². The van der Waals surface area contributed by atoms with Crippen molar-refractivity contribution in [3.05, 3.63) is 131 Å². The number of nitrogen functional groups attached to an aromatic ring is 2. The number of hydrogen-bond donors (Lipinski definition) is 5. The largest absolute Gasteiger partial charge is 0.444 e. The van der Waals surface area contributed by atoms with Crippen LogP contribution < -0.4 is 31.9 Å². The maximum Gasteiger partial charge on any atom is 0.413 e. The van der Waals surface area contributed by atoms with E-state index in [0.717, 1.165) is 51.2 Å². The number of nitro groups is 4. The second kappa shape index (κ2) is 33.1. The van der Waals surface area contributed by atoms with E-state index >= 15 is 0 Å². The molecule has 0 unspecified atom stereocenters. The van der Waals surface area contributed by atoms with Crippen molar-refractivity contribution < 1.29 is 57.7 Å². The summed E-state index contributed by atoms with van der Waals surface area (Å²) in [6.07, 6.45) is -1.34. The molecule has 36 nitrogen and oxygen atoms in total. The fraction of sp³-hybridized carbons (Fsp3) is 0.393. The van der Waals surface area contributed by atoms with Gasteiger partial charge in [0.2, 0.25) is 0 Å². The molecule has 5 heterocycles. The lowest BCUT2D eigenvalue weighted by Gasteiger charge is -2.19. The lowest BCUT2D eigenvalue weighted by molar-refractivity contribution is -0.384. The van der Waals surface area contributed by atoms with Gasteiger partial charge in [0, 0.05) is 116 Å². The van der Waals surface area contributed by atoms with Gasteiger partial charge in [0.1, 0.15) is 11.2 Å². The first-order valence-corrected chi connectivity index (χ1v) is 29.7. The topological polar surface area (TPSA) is 445 Å². The van der Waals surface area contributed by atoms with Crippen LogP contribution in [-0.4, -0.2) is 175 Å². The Labute approximate surface area is 554 Å². The smallest absolute Gasteiger partial charge is 0.413 e. The Morgan fingerprint density at radius 1 is 0.474 bits per heavy atom. The third-order valence-electron chi connectivity index (χ3n) is 13.5. The second-order valence-corrected chi connectivity index (χ2v) is 23.5. The fourth-order valence-electron chi connectivity index (χ4n) is 9.19. The number of nitrogens with one attached hydrogen (secondary N) is 3. The summed E-state index contributed by atoms with van der Waals surface area (Å²) in [5, 5.41) is 75.7. The van der Waals surface area contributed by atoms with Crippen LogP contribution in [0.1, 0.15) is 41.5 Å². The molecule has 5 aromatic heterocycles. The summed E-state index contributed by atoms with van der Waals surface area (Å²) in [7, 11) is 14.2. The molecular weight excluding hydrogens is 1270 g/mol. The van der Waals surface area contributed by atoms with Gasteiger partial charge in [-0.3, -0.25) is 74.9 Å². The monoisotopic (exact) mass is 1350 g/mol. The van der Waals surface area contributed by atoms with Crippen LogP contribution in [0.2, 0.25) is 0 Å². The predicted octanol–water partition coefficient (Wildman–Crippen LogP) is 9.92. The average molecular weight is 1350 g/mol. The van der Waals surface area contributed by atoms with Gasteiger partial charge >= 0.3 is 12.2 Å². The maximum absolute atomic E-state index is 12.0. The first-order valence-electron chi connectivity index (χ1n) is 29.7. The average Bonchev–Trinajstić information content (AvgIpc) is 1.68. The Morgan fingerprint density at radius 2 is 0.814 bits per heavy atom. The number of aromatic amines is 1. The Balaban J connectivity index is 0.000000193. The van der Waals surface area contributed by atoms with E-state index in [-0.39, 0.29) is 34.4 Å². The lowest BCUT2D eigenvalue weighted by Crippen LogP contribution is -2.27.